The van der Waals surface area contributed by atoms with Gasteiger partial charge in [-0.05, 0) is 20.8 Å². The van der Waals surface area contributed by atoms with Gasteiger partial charge in [0.15, 0.2) is 0 Å². The molecular formula is C14H21N3O4. The largest absolute Gasteiger partial charge is 0.481 e. The molecular weight excluding hydrogens is 274 g/mol. The summed E-state index contributed by atoms with van der Waals surface area (Å²) in [7, 11) is 0. The van der Waals surface area contributed by atoms with E-state index in [4.69, 9.17) is 9.47 Å². The third kappa shape index (κ3) is 3.41. The second kappa shape index (κ2) is 6.71. The minimum Gasteiger partial charge on any atom is -0.481 e. The van der Waals surface area contributed by atoms with Crippen molar-refractivity contribution in [2.75, 3.05) is 31.3 Å². The fraction of sp³-hybridized carbons (Fsp3) is 0.643. The molecule has 7 nitrogen and oxygen atoms in total. The third-order valence-corrected chi connectivity index (χ3v) is 3.50. The molecule has 1 N–H and O–H groups in total. The van der Waals surface area contributed by atoms with E-state index in [0.29, 0.717) is 37.3 Å². The van der Waals surface area contributed by atoms with Crippen LogP contribution in [0, 0.1) is 12.8 Å². The van der Waals surface area contributed by atoms with Crippen molar-refractivity contribution in [3.8, 4) is 5.88 Å². The molecule has 0 amide bonds. The molecule has 1 saturated heterocycles. The summed E-state index contributed by atoms with van der Waals surface area (Å²) in [5.41, 5.74) is 0. The minimum absolute atomic E-state index is 0.226. The fourth-order valence-corrected chi connectivity index (χ4v) is 2.55. The number of likely N-dealkylation sites (N-methyl/N-ethyl adjacent to an activating group) is 1. The molecule has 1 aliphatic rings. The van der Waals surface area contributed by atoms with Crippen LogP contribution in [0.25, 0.3) is 0 Å². The Bertz CT molecular complexity index is 509. The molecule has 0 radical (unpaired) electrons. The maximum absolute atomic E-state index is 11.3. The van der Waals surface area contributed by atoms with Crippen LogP contribution < -0.4 is 9.64 Å². The van der Waals surface area contributed by atoms with Gasteiger partial charge < -0.3 is 19.5 Å². The van der Waals surface area contributed by atoms with Crippen LogP contribution in [0.15, 0.2) is 6.07 Å². The highest BCUT2D eigenvalue weighted by atomic mass is 16.5. The predicted octanol–water partition coefficient (Wildman–Crippen LogP) is 1.11. The zero-order valence-corrected chi connectivity index (χ0v) is 12.6. The van der Waals surface area contributed by atoms with E-state index in [1.165, 1.54) is 0 Å². The second-order valence-corrected chi connectivity index (χ2v) is 4.88. The molecule has 2 unspecified atom stereocenters. The van der Waals surface area contributed by atoms with Gasteiger partial charge in [-0.3, -0.25) is 4.79 Å². The van der Waals surface area contributed by atoms with Crippen molar-refractivity contribution in [1.29, 1.82) is 0 Å². The number of carbonyl (C=O) groups is 1. The molecule has 116 valence electrons. The van der Waals surface area contributed by atoms with E-state index in [1.54, 1.807) is 13.0 Å². The standard InChI is InChI=1S/C14H21N3O4/c1-4-17(11-8-20-7-10(11)14(18)19)12-6-13(21-5-2)16-9(3)15-12/h6,10-11H,4-5,7-8H2,1-3H3,(H,18,19). The Morgan fingerprint density at radius 2 is 2.24 bits per heavy atom. The van der Waals surface area contributed by atoms with Crippen molar-refractivity contribution >= 4 is 11.8 Å². The molecule has 1 aromatic rings. The molecule has 1 aliphatic heterocycles. The van der Waals surface area contributed by atoms with Crippen molar-refractivity contribution in [3.05, 3.63) is 11.9 Å². The first-order valence-electron chi connectivity index (χ1n) is 7.12. The Morgan fingerprint density at radius 3 is 2.86 bits per heavy atom. The summed E-state index contributed by atoms with van der Waals surface area (Å²) in [4.78, 5) is 21.9. The molecule has 7 heteroatoms. The van der Waals surface area contributed by atoms with E-state index >= 15 is 0 Å². The maximum atomic E-state index is 11.3. The van der Waals surface area contributed by atoms with E-state index in [9.17, 15) is 9.90 Å². The first kappa shape index (κ1) is 15.5. The van der Waals surface area contributed by atoms with Gasteiger partial charge in [-0.15, -0.1) is 0 Å². The summed E-state index contributed by atoms with van der Waals surface area (Å²) < 4.78 is 10.8. The predicted molar refractivity (Wildman–Crippen MR) is 76.7 cm³/mol. The first-order chi connectivity index (χ1) is 10.1. The highest BCUT2D eigenvalue weighted by molar-refractivity contribution is 5.72. The SMILES string of the molecule is CCOc1cc(N(CC)C2COCC2C(=O)O)nc(C)n1. The molecule has 2 heterocycles. The van der Waals surface area contributed by atoms with Crippen LogP contribution in [-0.2, 0) is 9.53 Å². The Labute approximate surface area is 123 Å². The van der Waals surface area contributed by atoms with E-state index in [-0.39, 0.29) is 12.6 Å². The minimum atomic E-state index is -0.841. The highest BCUT2D eigenvalue weighted by Crippen LogP contribution is 2.26. The lowest BCUT2D eigenvalue weighted by atomic mass is 10.0. The summed E-state index contributed by atoms with van der Waals surface area (Å²) in [6.45, 7) is 7.43. The van der Waals surface area contributed by atoms with Gasteiger partial charge in [-0.2, -0.15) is 4.98 Å². The van der Waals surface area contributed by atoms with Crippen molar-refractivity contribution < 1.29 is 19.4 Å². The van der Waals surface area contributed by atoms with Crippen LogP contribution in [-0.4, -0.2) is 53.5 Å². The number of carboxylic acid groups (broad SMARTS) is 1. The van der Waals surface area contributed by atoms with Gasteiger partial charge in [0.05, 0.1) is 25.9 Å². The summed E-state index contributed by atoms with van der Waals surface area (Å²) in [5.74, 6) is 0.391. The molecule has 2 rings (SSSR count). The van der Waals surface area contributed by atoms with Crippen molar-refractivity contribution in [2.45, 2.75) is 26.8 Å². The average Bonchev–Trinajstić information content (AvgIpc) is 2.89. The molecule has 0 aromatic carbocycles. The zero-order valence-electron chi connectivity index (χ0n) is 12.6. The Kier molecular flexibility index (Phi) is 4.95. The Hall–Kier alpha value is -1.89. The van der Waals surface area contributed by atoms with Crippen molar-refractivity contribution in [3.63, 3.8) is 0 Å². The lowest BCUT2D eigenvalue weighted by Crippen LogP contribution is -2.43. The van der Waals surface area contributed by atoms with Crippen LogP contribution in [0.1, 0.15) is 19.7 Å². The number of aliphatic carboxylic acids is 1. The molecule has 0 saturated carbocycles. The summed E-state index contributed by atoms with van der Waals surface area (Å²) >= 11 is 0. The van der Waals surface area contributed by atoms with Gasteiger partial charge in [-0.25, -0.2) is 4.98 Å². The average molecular weight is 295 g/mol. The van der Waals surface area contributed by atoms with Gasteiger partial charge in [-0.1, -0.05) is 0 Å². The second-order valence-electron chi connectivity index (χ2n) is 4.88. The topological polar surface area (TPSA) is 84.8 Å². The normalized spacial score (nSPS) is 21.3. The number of carboxylic acids is 1. The number of anilines is 1. The number of rotatable bonds is 6. The summed E-state index contributed by atoms with van der Waals surface area (Å²) in [6, 6.07) is 1.52. The van der Waals surface area contributed by atoms with Gasteiger partial charge in [0.2, 0.25) is 5.88 Å². The van der Waals surface area contributed by atoms with Crippen LogP contribution >= 0.6 is 0 Å². The summed E-state index contributed by atoms with van der Waals surface area (Å²) in [5, 5.41) is 9.30. The molecule has 0 bridgehead atoms. The van der Waals surface area contributed by atoms with Crippen LogP contribution in [0.2, 0.25) is 0 Å². The fourth-order valence-electron chi connectivity index (χ4n) is 2.55. The van der Waals surface area contributed by atoms with E-state index < -0.39 is 11.9 Å². The van der Waals surface area contributed by atoms with Gasteiger partial charge in [0.25, 0.3) is 0 Å². The monoisotopic (exact) mass is 295 g/mol. The van der Waals surface area contributed by atoms with E-state index in [2.05, 4.69) is 9.97 Å². The molecule has 1 fully saturated rings. The van der Waals surface area contributed by atoms with Crippen LogP contribution in [0.3, 0.4) is 0 Å². The third-order valence-electron chi connectivity index (χ3n) is 3.50. The van der Waals surface area contributed by atoms with Crippen molar-refractivity contribution in [2.24, 2.45) is 5.92 Å². The first-order valence-corrected chi connectivity index (χ1v) is 7.12. The lowest BCUT2D eigenvalue weighted by Gasteiger charge is -2.30. The van der Waals surface area contributed by atoms with Gasteiger partial charge >= 0.3 is 5.97 Å². The Balaban J connectivity index is 2.30. The molecule has 0 spiro atoms. The van der Waals surface area contributed by atoms with Crippen LogP contribution in [0.5, 0.6) is 5.88 Å². The molecule has 1 aromatic heterocycles. The Morgan fingerprint density at radius 1 is 1.48 bits per heavy atom. The number of aromatic nitrogens is 2. The van der Waals surface area contributed by atoms with E-state index in [0.717, 1.165) is 0 Å². The molecule has 0 aliphatic carbocycles. The molecule has 21 heavy (non-hydrogen) atoms. The zero-order chi connectivity index (χ0) is 15.4. The van der Waals surface area contributed by atoms with Crippen LogP contribution in [0.4, 0.5) is 5.82 Å². The smallest absolute Gasteiger partial charge is 0.311 e. The van der Waals surface area contributed by atoms with Gasteiger partial charge in [0.1, 0.15) is 17.6 Å². The summed E-state index contributed by atoms with van der Waals surface area (Å²) in [6.07, 6.45) is 0. The lowest BCUT2D eigenvalue weighted by molar-refractivity contribution is -0.141. The number of ether oxygens (including phenoxy) is 2. The quantitative estimate of drug-likeness (QED) is 0.841. The number of hydrogen-bond donors (Lipinski definition) is 1. The number of aryl methyl sites for hydroxylation is 1. The van der Waals surface area contributed by atoms with Crippen molar-refractivity contribution in [1.82, 2.24) is 9.97 Å². The highest BCUT2D eigenvalue weighted by Gasteiger charge is 2.38. The number of hydrogen-bond acceptors (Lipinski definition) is 6. The maximum Gasteiger partial charge on any atom is 0.311 e. The van der Waals surface area contributed by atoms with E-state index in [1.807, 2.05) is 18.7 Å². The van der Waals surface area contributed by atoms with Gasteiger partial charge in [0, 0.05) is 12.6 Å². The number of nitrogens with zero attached hydrogens (tertiary/aromatic N) is 3. The molecule has 2 atom stereocenters.